The first-order chi connectivity index (χ1) is 13.5. The standard InChI is InChI=1S/C21H36N4O3/c1-16(28-20-9-6-8-19(12-20)26-5)13-24-21(22-4)23-10-7-11-25-14-17(2)27-18(3)15-25/h6,8-9,12,16-18H,7,10-11,13-15H2,1-5H3,(H2,22,23,24). The largest absolute Gasteiger partial charge is 0.497 e. The van der Waals surface area contributed by atoms with Gasteiger partial charge in [-0.3, -0.25) is 9.89 Å². The number of hydrogen-bond acceptors (Lipinski definition) is 5. The fourth-order valence-electron chi connectivity index (χ4n) is 3.39. The Morgan fingerprint density at radius 3 is 2.64 bits per heavy atom. The van der Waals surface area contributed by atoms with Gasteiger partial charge in [-0.25, -0.2) is 0 Å². The van der Waals surface area contributed by atoms with Crippen molar-refractivity contribution in [2.75, 3.05) is 46.9 Å². The van der Waals surface area contributed by atoms with Crippen molar-refractivity contribution in [3.05, 3.63) is 24.3 Å². The van der Waals surface area contributed by atoms with Crippen molar-refractivity contribution in [3.63, 3.8) is 0 Å². The summed E-state index contributed by atoms with van der Waals surface area (Å²) in [6, 6.07) is 7.64. The Morgan fingerprint density at radius 1 is 1.25 bits per heavy atom. The van der Waals surface area contributed by atoms with E-state index in [0.29, 0.717) is 18.8 Å². The van der Waals surface area contributed by atoms with Crippen molar-refractivity contribution in [1.29, 1.82) is 0 Å². The van der Waals surface area contributed by atoms with E-state index in [1.165, 1.54) is 0 Å². The minimum Gasteiger partial charge on any atom is -0.497 e. The Balaban J connectivity index is 1.64. The van der Waals surface area contributed by atoms with E-state index in [4.69, 9.17) is 14.2 Å². The van der Waals surface area contributed by atoms with E-state index >= 15 is 0 Å². The third-order valence-electron chi connectivity index (χ3n) is 4.60. The third kappa shape index (κ3) is 7.94. The SMILES string of the molecule is CN=C(NCCCN1CC(C)OC(C)C1)NCC(C)Oc1cccc(OC)c1. The molecule has 1 aromatic rings. The summed E-state index contributed by atoms with van der Waals surface area (Å²) in [6.45, 7) is 10.9. The number of rotatable bonds is 9. The van der Waals surface area contributed by atoms with Gasteiger partial charge in [0.15, 0.2) is 5.96 Å². The number of morpholine rings is 1. The van der Waals surface area contributed by atoms with Crippen molar-refractivity contribution in [1.82, 2.24) is 15.5 Å². The minimum absolute atomic E-state index is 0.00183. The molecule has 1 aliphatic rings. The zero-order valence-corrected chi connectivity index (χ0v) is 17.9. The van der Waals surface area contributed by atoms with Crippen LogP contribution in [0.15, 0.2) is 29.3 Å². The maximum absolute atomic E-state index is 5.93. The lowest BCUT2D eigenvalue weighted by Gasteiger charge is -2.35. The zero-order valence-electron chi connectivity index (χ0n) is 17.9. The van der Waals surface area contributed by atoms with E-state index in [2.05, 4.69) is 34.4 Å². The Bertz CT molecular complexity index is 601. The molecule has 7 heteroatoms. The van der Waals surface area contributed by atoms with Crippen LogP contribution in [0.2, 0.25) is 0 Å². The molecule has 1 aliphatic heterocycles. The predicted molar refractivity (Wildman–Crippen MR) is 114 cm³/mol. The van der Waals surface area contributed by atoms with Gasteiger partial charge in [0.1, 0.15) is 17.6 Å². The molecule has 1 saturated heterocycles. The summed E-state index contributed by atoms with van der Waals surface area (Å²) < 4.78 is 16.9. The summed E-state index contributed by atoms with van der Waals surface area (Å²) in [6.07, 6.45) is 1.70. The summed E-state index contributed by atoms with van der Waals surface area (Å²) in [4.78, 5) is 6.76. The van der Waals surface area contributed by atoms with Gasteiger partial charge in [-0.05, 0) is 39.3 Å². The van der Waals surface area contributed by atoms with Crippen LogP contribution >= 0.6 is 0 Å². The van der Waals surface area contributed by atoms with Gasteiger partial charge in [0.2, 0.25) is 0 Å². The van der Waals surface area contributed by atoms with E-state index in [9.17, 15) is 0 Å². The molecule has 1 aromatic carbocycles. The second kappa shape index (κ2) is 11.8. The van der Waals surface area contributed by atoms with Gasteiger partial charge in [0.05, 0.1) is 25.9 Å². The van der Waals surface area contributed by atoms with Crippen LogP contribution in [0.1, 0.15) is 27.2 Å². The Kier molecular flexibility index (Phi) is 9.37. The normalized spacial score (nSPS) is 21.8. The quantitative estimate of drug-likeness (QED) is 0.381. The van der Waals surface area contributed by atoms with Crippen LogP contribution in [0, 0.1) is 0 Å². The summed E-state index contributed by atoms with van der Waals surface area (Å²) >= 11 is 0. The fourth-order valence-corrected chi connectivity index (χ4v) is 3.39. The maximum Gasteiger partial charge on any atom is 0.191 e. The highest BCUT2D eigenvalue weighted by atomic mass is 16.5. The summed E-state index contributed by atoms with van der Waals surface area (Å²) in [7, 11) is 3.44. The van der Waals surface area contributed by atoms with Gasteiger partial charge >= 0.3 is 0 Å². The first-order valence-electron chi connectivity index (χ1n) is 10.1. The molecule has 3 unspecified atom stereocenters. The van der Waals surface area contributed by atoms with Gasteiger partial charge < -0.3 is 24.8 Å². The van der Waals surface area contributed by atoms with Crippen LogP contribution in [0.25, 0.3) is 0 Å². The van der Waals surface area contributed by atoms with Gasteiger partial charge in [0, 0.05) is 39.3 Å². The molecule has 0 amide bonds. The Hall–Kier alpha value is -1.99. The molecule has 1 heterocycles. The number of ether oxygens (including phenoxy) is 3. The van der Waals surface area contributed by atoms with E-state index < -0.39 is 0 Å². The fraction of sp³-hybridized carbons (Fsp3) is 0.667. The molecule has 7 nitrogen and oxygen atoms in total. The monoisotopic (exact) mass is 392 g/mol. The summed E-state index contributed by atoms with van der Waals surface area (Å²) in [5.41, 5.74) is 0. The van der Waals surface area contributed by atoms with Crippen molar-refractivity contribution < 1.29 is 14.2 Å². The summed E-state index contributed by atoms with van der Waals surface area (Å²) in [5.74, 6) is 2.38. The van der Waals surface area contributed by atoms with Crippen molar-refractivity contribution in [2.24, 2.45) is 4.99 Å². The first-order valence-corrected chi connectivity index (χ1v) is 10.1. The van der Waals surface area contributed by atoms with Crippen LogP contribution in [0.5, 0.6) is 11.5 Å². The molecule has 28 heavy (non-hydrogen) atoms. The summed E-state index contributed by atoms with van der Waals surface area (Å²) in [5, 5.41) is 6.69. The molecule has 2 rings (SSSR count). The lowest BCUT2D eigenvalue weighted by Crippen LogP contribution is -2.46. The van der Waals surface area contributed by atoms with E-state index in [-0.39, 0.29) is 6.10 Å². The average molecular weight is 393 g/mol. The number of guanidine groups is 1. The highest BCUT2D eigenvalue weighted by Crippen LogP contribution is 2.19. The Labute approximate surface area is 169 Å². The molecule has 0 saturated carbocycles. The number of hydrogen-bond donors (Lipinski definition) is 2. The number of methoxy groups -OCH3 is 1. The molecular weight excluding hydrogens is 356 g/mol. The molecule has 158 valence electrons. The lowest BCUT2D eigenvalue weighted by atomic mass is 10.2. The highest BCUT2D eigenvalue weighted by Gasteiger charge is 2.21. The Morgan fingerprint density at radius 2 is 1.96 bits per heavy atom. The van der Waals surface area contributed by atoms with Crippen LogP contribution in [0.3, 0.4) is 0 Å². The van der Waals surface area contributed by atoms with Crippen LogP contribution in [-0.4, -0.2) is 76.1 Å². The van der Waals surface area contributed by atoms with Gasteiger partial charge in [-0.15, -0.1) is 0 Å². The van der Waals surface area contributed by atoms with E-state index in [0.717, 1.165) is 50.1 Å². The molecule has 2 N–H and O–H groups in total. The van der Waals surface area contributed by atoms with E-state index in [1.54, 1.807) is 14.2 Å². The molecule has 0 aromatic heterocycles. The van der Waals surface area contributed by atoms with Gasteiger partial charge in [-0.2, -0.15) is 0 Å². The maximum atomic E-state index is 5.93. The highest BCUT2D eigenvalue weighted by molar-refractivity contribution is 5.79. The number of nitrogens with one attached hydrogen (secondary N) is 2. The molecule has 1 fully saturated rings. The topological polar surface area (TPSA) is 67.4 Å². The second-order valence-corrected chi connectivity index (χ2v) is 7.36. The molecule has 0 spiro atoms. The third-order valence-corrected chi connectivity index (χ3v) is 4.60. The van der Waals surface area contributed by atoms with Crippen LogP contribution in [-0.2, 0) is 4.74 Å². The second-order valence-electron chi connectivity index (χ2n) is 7.36. The number of benzene rings is 1. The lowest BCUT2D eigenvalue weighted by molar-refractivity contribution is -0.0679. The first kappa shape index (κ1) is 22.3. The van der Waals surface area contributed by atoms with Crippen molar-refractivity contribution in [3.8, 4) is 11.5 Å². The number of nitrogens with zero attached hydrogens (tertiary/aromatic N) is 2. The van der Waals surface area contributed by atoms with E-state index in [1.807, 2.05) is 31.2 Å². The van der Waals surface area contributed by atoms with Crippen LogP contribution in [0.4, 0.5) is 0 Å². The van der Waals surface area contributed by atoms with Gasteiger partial charge in [0.25, 0.3) is 0 Å². The predicted octanol–water partition coefficient (Wildman–Crippen LogP) is 2.13. The van der Waals surface area contributed by atoms with Gasteiger partial charge in [-0.1, -0.05) is 6.07 Å². The molecule has 0 radical (unpaired) electrons. The van der Waals surface area contributed by atoms with Crippen LogP contribution < -0.4 is 20.1 Å². The minimum atomic E-state index is 0.00183. The molecule has 3 atom stereocenters. The molecular formula is C21H36N4O3. The van der Waals surface area contributed by atoms with Crippen molar-refractivity contribution >= 4 is 5.96 Å². The molecule has 0 aliphatic carbocycles. The zero-order chi connectivity index (χ0) is 20.4. The molecule has 0 bridgehead atoms. The average Bonchev–Trinajstić information content (AvgIpc) is 2.67. The smallest absolute Gasteiger partial charge is 0.191 e. The number of aliphatic imine (C=N–C) groups is 1. The van der Waals surface area contributed by atoms with Crippen molar-refractivity contribution in [2.45, 2.75) is 45.5 Å².